The summed E-state index contributed by atoms with van der Waals surface area (Å²) in [5.41, 5.74) is -5.06. The minimum atomic E-state index is -5.57. The Balaban J connectivity index is 2.26. The van der Waals surface area contributed by atoms with Gasteiger partial charge in [0.1, 0.15) is 5.69 Å². The normalized spacial score (nSPS) is 17.8. The van der Waals surface area contributed by atoms with Crippen LogP contribution in [-0.4, -0.2) is 57.3 Å². The molecule has 12 heteroatoms. The number of halogens is 6. The summed E-state index contributed by atoms with van der Waals surface area (Å²) < 4.78 is 77.6. The molecule has 0 atom stereocenters. The van der Waals surface area contributed by atoms with E-state index in [2.05, 4.69) is 9.97 Å². The van der Waals surface area contributed by atoms with Gasteiger partial charge < -0.3 is 10.0 Å². The van der Waals surface area contributed by atoms with E-state index >= 15 is 0 Å². The summed E-state index contributed by atoms with van der Waals surface area (Å²) in [7, 11) is 0. The lowest BCUT2D eigenvalue weighted by molar-refractivity contribution is -0.334. The summed E-state index contributed by atoms with van der Waals surface area (Å²) in [4.78, 5) is 29.8. The van der Waals surface area contributed by atoms with Crippen LogP contribution in [0.15, 0.2) is 12.4 Å². The third-order valence-electron chi connectivity index (χ3n) is 3.73. The molecule has 1 saturated heterocycles. The molecule has 1 aliphatic heterocycles. The lowest BCUT2D eigenvalue weighted by Crippen LogP contribution is -2.52. The van der Waals surface area contributed by atoms with Gasteiger partial charge in [0.15, 0.2) is 11.1 Å². The Morgan fingerprint density at radius 3 is 1.92 bits per heavy atom. The number of aromatic nitrogens is 2. The molecule has 0 saturated carbocycles. The summed E-state index contributed by atoms with van der Waals surface area (Å²) in [5.74, 6) is -2.63. The molecule has 1 fully saturated rings. The Hall–Kier alpha value is -2.40. The summed E-state index contributed by atoms with van der Waals surface area (Å²) in [6.07, 6.45) is -11.1. The summed E-state index contributed by atoms with van der Waals surface area (Å²) in [6, 6.07) is 0. The van der Waals surface area contributed by atoms with Crippen LogP contribution in [0.2, 0.25) is 0 Å². The fraction of sp³-hybridized carbons (Fsp3) is 0.500. The predicted octanol–water partition coefficient (Wildman–Crippen LogP) is 2.13. The van der Waals surface area contributed by atoms with Crippen molar-refractivity contribution in [3.63, 3.8) is 0 Å². The number of likely N-dealkylation sites (tertiary alicyclic amines) is 1. The Labute approximate surface area is 130 Å². The molecule has 2 rings (SSSR count). The summed E-state index contributed by atoms with van der Waals surface area (Å²) in [5, 5.41) is 8.63. The third kappa shape index (κ3) is 2.87. The van der Waals surface area contributed by atoms with Crippen LogP contribution in [0.3, 0.4) is 0 Å². The van der Waals surface area contributed by atoms with Crippen molar-refractivity contribution in [2.24, 2.45) is 5.41 Å². The molecule has 24 heavy (non-hydrogen) atoms. The molecule has 0 unspecified atom stereocenters. The molecule has 132 valence electrons. The first-order valence-electron chi connectivity index (χ1n) is 6.37. The summed E-state index contributed by atoms with van der Waals surface area (Å²) in [6.45, 7) is -2.35. The number of aromatic carboxylic acids is 1. The third-order valence-corrected chi connectivity index (χ3v) is 3.73. The molecule has 2 heterocycles. The molecular weight excluding hydrogens is 348 g/mol. The molecule has 0 aliphatic carbocycles. The van der Waals surface area contributed by atoms with Gasteiger partial charge in [0.25, 0.3) is 5.91 Å². The topological polar surface area (TPSA) is 83.4 Å². The average Bonchev–Trinajstić information content (AvgIpc) is 2.92. The van der Waals surface area contributed by atoms with Crippen molar-refractivity contribution in [2.45, 2.75) is 18.8 Å². The van der Waals surface area contributed by atoms with Gasteiger partial charge >= 0.3 is 18.3 Å². The molecule has 1 aromatic heterocycles. The zero-order valence-electron chi connectivity index (χ0n) is 11.6. The number of rotatable bonds is 2. The molecule has 1 N–H and O–H groups in total. The smallest absolute Gasteiger partial charge is 0.404 e. The van der Waals surface area contributed by atoms with Crippen LogP contribution < -0.4 is 0 Å². The van der Waals surface area contributed by atoms with Gasteiger partial charge in [0, 0.05) is 13.1 Å². The van der Waals surface area contributed by atoms with Crippen LogP contribution in [0, 0.1) is 5.41 Å². The van der Waals surface area contributed by atoms with Crippen molar-refractivity contribution in [2.75, 3.05) is 13.1 Å². The number of carboxylic acids is 1. The van der Waals surface area contributed by atoms with Crippen LogP contribution in [0.5, 0.6) is 0 Å². The minimum Gasteiger partial charge on any atom is -0.476 e. The maximum atomic E-state index is 12.9. The van der Waals surface area contributed by atoms with Crippen molar-refractivity contribution < 1.29 is 41.0 Å². The van der Waals surface area contributed by atoms with Gasteiger partial charge in [-0.25, -0.2) is 14.8 Å². The maximum Gasteiger partial charge on any atom is 0.404 e. The van der Waals surface area contributed by atoms with Gasteiger partial charge in [-0.15, -0.1) is 0 Å². The molecule has 1 aromatic rings. The van der Waals surface area contributed by atoms with Crippen molar-refractivity contribution in [1.29, 1.82) is 0 Å². The van der Waals surface area contributed by atoms with Gasteiger partial charge in [-0.05, 0) is 6.42 Å². The number of nitrogens with zero attached hydrogens (tertiary/aromatic N) is 3. The number of carboxylic acid groups (broad SMARTS) is 1. The Morgan fingerprint density at radius 2 is 1.54 bits per heavy atom. The maximum absolute atomic E-state index is 12.9. The number of hydrogen-bond donors (Lipinski definition) is 1. The van der Waals surface area contributed by atoms with E-state index in [4.69, 9.17) is 5.11 Å². The van der Waals surface area contributed by atoms with E-state index in [9.17, 15) is 35.9 Å². The van der Waals surface area contributed by atoms with Crippen LogP contribution in [0.1, 0.15) is 27.4 Å². The number of carbonyl (C=O) groups is 2. The zero-order valence-corrected chi connectivity index (χ0v) is 11.6. The van der Waals surface area contributed by atoms with E-state index in [1.807, 2.05) is 0 Å². The van der Waals surface area contributed by atoms with Crippen LogP contribution in [0.4, 0.5) is 26.3 Å². The Morgan fingerprint density at radius 1 is 1.04 bits per heavy atom. The number of hydrogen-bond acceptors (Lipinski definition) is 4. The van der Waals surface area contributed by atoms with Crippen LogP contribution in [0.25, 0.3) is 0 Å². The standard InChI is InChI=1S/C12H9F6N3O3/c13-11(14,15)10(12(16,17)18)1-2-21(5-10)8(22)6-3-20-7(4-19-6)9(23)24/h3-4H,1-2,5H2,(H,23,24). The monoisotopic (exact) mass is 357 g/mol. The van der Waals surface area contributed by atoms with Gasteiger partial charge in [-0.1, -0.05) is 0 Å². The number of alkyl halides is 6. The van der Waals surface area contributed by atoms with Crippen molar-refractivity contribution in [3.05, 3.63) is 23.8 Å². The van der Waals surface area contributed by atoms with E-state index < -0.39 is 60.5 Å². The minimum absolute atomic E-state index is 0.380. The van der Waals surface area contributed by atoms with Gasteiger partial charge in [-0.3, -0.25) is 4.79 Å². The first-order valence-corrected chi connectivity index (χ1v) is 6.37. The molecule has 0 spiro atoms. The highest BCUT2D eigenvalue weighted by atomic mass is 19.4. The molecule has 0 bridgehead atoms. The highest BCUT2D eigenvalue weighted by Crippen LogP contribution is 2.55. The molecular formula is C12H9F6N3O3. The largest absolute Gasteiger partial charge is 0.476 e. The van der Waals surface area contributed by atoms with Gasteiger partial charge in [-0.2, -0.15) is 26.3 Å². The first kappa shape index (κ1) is 17.9. The Bertz CT molecular complexity index is 641. The number of carbonyl (C=O) groups excluding carboxylic acids is 1. The Kier molecular flexibility index (Phi) is 4.19. The van der Waals surface area contributed by atoms with Gasteiger partial charge in [0.05, 0.1) is 12.4 Å². The molecule has 1 aliphatic rings. The van der Waals surface area contributed by atoms with Crippen molar-refractivity contribution >= 4 is 11.9 Å². The zero-order chi connectivity index (χ0) is 18.3. The molecule has 6 nitrogen and oxygen atoms in total. The van der Waals surface area contributed by atoms with E-state index in [1.165, 1.54) is 0 Å². The van der Waals surface area contributed by atoms with Crippen LogP contribution >= 0.6 is 0 Å². The SMILES string of the molecule is O=C(O)c1cnc(C(=O)N2CCC(C(F)(F)F)(C(F)(F)F)C2)cn1. The second-order valence-corrected chi connectivity index (χ2v) is 5.15. The number of amides is 1. The molecule has 0 radical (unpaired) electrons. The van der Waals surface area contributed by atoms with Crippen molar-refractivity contribution in [3.8, 4) is 0 Å². The fourth-order valence-corrected chi connectivity index (χ4v) is 2.32. The molecule has 1 amide bonds. The van der Waals surface area contributed by atoms with E-state index in [0.29, 0.717) is 17.3 Å². The van der Waals surface area contributed by atoms with Crippen LogP contribution in [-0.2, 0) is 0 Å². The highest BCUT2D eigenvalue weighted by molar-refractivity contribution is 5.93. The fourth-order valence-electron chi connectivity index (χ4n) is 2.32. The lowest BCUT2D eigenvalue weighted by Gasteiger charge is -2.33. The quantitative estimate of drug-likeness (QED) is 0.820. The lowest BCUT2D eigenvalue weighted by atomic mass is 9.85. The van der Waals surface area contributed by atoms with Gasteiger partial charge in [0.2, 0.25) is 0 Å². The summed E-state index contributed by atoms with van der Waals surface area (Å²) >= 11 is 0. The van der Waals surface area contributed by atoms with Crippen molar-refractivity contribution in [1.82, 2.24) is 14.9 Å². The predicted molar refractivity (Wildman–Crippen MR) is 64.1 cm³/mol. The van der Waals surface area contributed by atoms with E-state index in [1.54, 1.807) is 0 Å². The van der Waals surface area contributed by atoms with E-state index in [0.717, 1.165) is 0 Å². The second-order valence-electron chi connectivity index (χ2n) is 5.15. The second kappa shape index (κ2) is 5.60. The first-order chi connectivity index (χ1) is 10.9. The molecule has 0 aromatic carbocycles. The average molecular weight is 357 g/mol. The van der Waals surface area contributed by atoms with E-state index in [-0.39, 0.29) is 0 Å². The highest BCUT2D eigenvalue weighted by Gasteiger charge is 2.72.